The van der Waals surface area contributed by atoms with Crippen LogP contribution in [0.2, 0.25) is 0 Å². The number of ether oxygens (including phenoxy) is 2. The summed E-state index contributed by atoms with van der Waals surface area (Å²) in [6.45, 7) is 0. The maximum Gasteiger partial charge on any atom is 0.170 e. The highest BCUT2D eigenvalue weighted by Gasteiger charge is 2.14. The summed E-state index contributed by atoms with van der Waals surface area (Å²) in [7, 11) is 3.29. The van der Waals surface area contributed by atoms with Crippen molar-refractivity contribution >= 4 is 23.1 Å². The lowest BCUT2D eigenvalue weighted by molar-refractivity contribution is 0.356. The van der Waals surface area contributed by atoms with Gasteiger partial charge in [-0.2, -0.15) is 0 Å². The Bertz CT molecular complexity index is 753. The van der Waals surface area contributed by atoms with Gasteiger partial charge in [0.15, 0.2) is 11.5 Å². The zero-order chi connectivity index (χ0) is 16.1. The average Bonchev–Trinajstić information content (AvgIpc) is 3.26. The SMILES string of the molecule is COc1cccc(-c2nc(CSCc3ccco3)cs2)c1OC. The number of nitrogens with zero attached hydrogens (tertiary/aromatic N) is 1. The van der Waals surface area contributed by atoms with Crippen LogP contribution in [0.4, 0.5) is 0 Å². The van der Waals surface area contributed by atoms with Gasteiger partial charge in [0.25, 0.3) is 0 Å². The molecule has 0 radical (unpaired) electrons. The number of methoxy groups -OCH3 is 2. The number of thiazole rings is 1. The van der Waals surface area contributed by atoms with Gasteiger partial charge < -0.3 is 13.9 Å². The molecule has 0 atom stereocenters. The first-order valence-corrected chi connectivity index (χ1v) is 9.11. The Balaban J connectivity index is 1.71. The van der Waals surface area contributed by atoms with Crippen LogP contribution in [-0.4, -0.2) is 19.2 Å². The number of thioether (sulfide) groups is 1. The first-order valence-electron chi connectivity index (χ1n) is 7.07. The van der Waals surface area contributed by atoms with Gasteiger partial charge in [-0.25, -0.2) is 4.98 Å². The largest absolute Gasteiger partial charge is 0.493 e. The highest BCUT2D eigenvalue weighted by molar-refractivity contribution is 7.97. The van der Waals surface area contributed by atoms with Gasteiger partial charge in [-0.15, -0.1) is 23.1 Å². The molecule has 0 aliphatic carbocycles. The summed E-state index contributed by atoms with van der Waals surface area (Å²) in [5.41, 5.74) is 2.02. The van der Waals surface area contributed by atoms with Gasteiger partial charge in [0, 0.05) is 11.1 Å². The highest BCUT2D eigenvalue weighted by atomic mass is 32.2. The molecule has 0 fully saturated rings. The van der Waals surface area contributed by atoms with E-state index in [1.807, 2.05) is 30.3 Å². The molecule has 0 spiro atoms. The minimum atomic E-state index is 0.717. The lowest BCUT2D eigenvalue weighted by atomic mass is 10.2. The summed E-state index contributed by atoms with van der Waals surface area (Å²) in [5.74, 6) is 4.12. The Hall–Kier alpha value is -1.92. The molecule has 0 saturated heterocycles. The maximum atomic E-state index is 5.49. The molecule has 3 rings (SSSR count). The number of furan rings is 1. The van der Waals surface area contributed by atoms with Crippen LogP contribution in [0.5, 0.6) is 11.5 Å². The number of aromatic nitrogens is 1. The number of hydrogen-bond donors (Lipinski definition) is 0. The third kappa shape index (κ3) is 3.71. The Labute approximate surface area is 143 Å². The molecule has 0 N–H and O–H groups in total. The van der Waals surface area contributed by atoms with Crippen LogP contribution in [0, 0.1) is 0 Å². The first kappa shape index (κ1) is 16.0. The molecule has 4 nitrogen and oxygen atoms in total. The number of rotatable bonds is 7. The van der Waals surface area contributed by atoms with Crippen molar-refractivity contribution in [3.63, 3.8) is 0 Å². The molecular weight excluding hydrogens is 330 g/mol. The van der Waals surface area contributed by atoms with Crippen molar-refractivity contribution in [3.8, 4) is 22.1 Å². The van der Waals surface area contributed by atoms with Gasteiger partial charge in [0.1, 0.15) is 10.8 Å². The summed E-state index contributed by atoms with van der Waals surface area (Å²) >= 11 is 3.40. The van der Waals surface area contributed by atoms with Crippen molar-refractivity contribution in [2.24, 2.45) is 0 Å². The second kappa shape index (κ2) is 7.57. The first-order chi connectivity index (χ1) is 11.3. The van der Waals surface area contributed by atoms with Crippen molar-refractivity contribution in [2.45, 2.75) is 11.5 Å². The van der Waals surface area contributed by atoms with Gasteiger partial charge in [-0.05, 0) is 24.3 Å². The minimum Gasteiger partial charge on any atom is -0.493 e. The molecule has 0 aliphatic heterocycles. The van der Waals surface area contributed by atoms with E-state index >= 15 is 0 Å². The molecule has 0 unspecified atom stereocenters. The molecular formula is C17H17NO3S2. The highest BCUT2D eigenvalue weighted by Crippen LogP contribution is 2.39. The van der Waals surface area contributed by atoms with E-state index in [1.165, 1.54) is 0 Å². The number of para-hydroxylation sites is 1. The van der Waals surface area contributed by atoms with Crippen LogP contribution in [0.25, 0.3) is 10.6 Å². The van der Waals surface area contributed by atoms with E-state index in [9.17, 15) is 0 Å². The van der Waals surface area contributed by atoms with Gasteiger partial charge >= 0.3 is 0 Å². The smallest absolute Gasteiger partial charge is 0.170 e. The fourth-order valence-electron chi connectivity index (χ4n) is 2.20. The second-order valence-electron chi connectivity index (χ2n) is 4.76. The molecule has 2 heterocycles. The van der Waals surface area contributed by atoms with Crippen LogP contribution >= 0.6 is 23.1 Å². The fraction of sp³-hybridized carbons (Fsp3) is 0.235. The van der Waals surface area contributed by atoms with Crippen molar-refractivity contribution in [3.05, 3.63) is 53.4 Å². The fourth-order valence-corrected chi connectivity index (χ4v) is 3.97. The van der Waals surface area contributed by atoms with E-state index in [-0.39, 0.29) is 0 Å². The molecule has 120 valence electrons. The van der Waals surface area contributed by atoms with E-state index in [1.54, 1.807) is 43.6 Å². The molecule has 0 bridgehead atoms. The summed E-state index contributed by atoms with van der Waals surface area (Å²) in [6, 6.07) is 9.73. The van der Waals surface area contributed by atoms with E-state index < -0.39 is 0 Å². The van der Waals surface area contributed by atoms with Gasteiger partial charge in [-0.1, -0.05) is 6.07 Å². The summed E-state index contributed by atoms with van der Waals surface area (Å²) < 4.78 is 16.2. The van der Waals surface area contributed by atoms with Crippen LogP contribution in [0.3, 0.4) is 0 Å². The summed E-state index contributed by atoms with van der Waals surface area (Å²) in [4.78, 5) is 4.71. The molecule has 0 aliphatic rings. The van der Waals surface area contributed by atoms with Crippen LogP contribution in [-0.2, 0) is 11.5 Å². The van der Waals surface area contributed by atoms with Crippen LogP contribution in [0.15, 0.2) is 46.4 Å². The monoisotopic (exact) mass is 347 g/mol. The third-order valence-corrected chi connectivity index (χ3v) is 5.17. The standard InChI is InChI=1S/C17H17NO3S2/c1-19-15-7-3-6-14(16(15)20-2)17-18-12(10-23-17)9-22-11-13-5-4-8-21-13/h3-8,10H,9,11H2,1-2H3. The molecule has 0 amide bonds. The lowest BCUT2D eigenvalue weighted by Crippen LogP contribution is -1.93. The number of benzene rings is 1. The molecule has 2 aromatic heterocycles. The molecule has 23 heavy (non-hydrogen) atoms. The predicted molar refractivity (Wildman–Crippen MR) is 94.4 cm³/mol. The van der Waals surface area contributed by atoms with E-state index in [2.05, 4.69) is 5.38 Å². The topological polar surface area (TPSA) is 44.5 Å². The van der Waals surface area contributed by atoms with E-state index in [0.29, 0.717) is 5.75 Å². The van der Waals surface area contributed by atoms with Gasteiger partial charge in [0.2, 0.25) is 0 Å². The van der Waals surface area contributed by atoms with Gasteiger partial charge in [0.05, 0.1) is 37.5 Å². The molecule has 3 aromatic rings. The zero-order valence-electron chi connectivity index (χ0n) is 12.9. The third-order valence-electron chi connectivity index (χ3n) is 3.26. The molecule has 6 heteroatoms. The number of hydrogen-bond acceptors (Lipinski definition) is 6. The minimum absolute atomic E-state index is 0.717. The van der Waals surface area contributed by atoms with Crippen LogP contribution in [0.1, 0.15) is 11.5 Å². The normalized spacial score (nSPS) is 10.7. The van der Waals surface area contributed by atoms with Crippen molar-refractivity contribution in [1.82, 2.24) is 4.98 Å². The van der Waals surface area contributed by atoms with E-state index in [0.717, 1.165) is 39.3 Å². The average molecular weight is 347 g/mol. The van der Waals surface area contributed by atoms with Crippen molar-refractivity contribution in [2.75, 3.05) is 14.2 Å². The van der Waals surface area contributed by atoms with Crippen LogP contribution < -0.4 is 9.47 Å². The van der Waals surface area contributed by atoms with Gasteiger partial charge in [-0.3, -0.25) is 0 Å². The molecule has 0 saturated carbocycles. The van der Waals surface area contributed by atoms with Crippen molar-refractivity contribution in [1.29, 1.82) is 0 Å². The predicted octanol–water partition coefficient (Wildman–Crippen LogP) is 4.85. The summed E-state index contributed by atoms with van der Waals surface area (Å²) in [5, 5.41) is 3.03. The second-order valence-corrected chi connectivity index (χ2v) is 6.60. The lowest BCUT2D eigenvalue weighted by Gasteiger charge is -2.10. The maximum absolute atomic E-state index is 5.49. The Morgan fingerprint density at radius 2 is 2.04 bits per heavy atom. The zero-order valence-corrected chi connectivity index (χ0v) is 14.6. The van der Waals surface area contributed by atoms with Crippen molar-refractivity contribution < 1.29 is 13.9 Å². The quantitative estimate of drug-likeness (QED) is 0.611. The Morgan fingerprint density at radius 1 is 1.13 bits per heavy atom. The Morgan fingerprint density at radius 3 is 2.78 bits per heavy atom. The Kier molecular flexibility index (Phi) is 5.25. The van der Waals surface area contributed by atoms with E-state index in [4.69, 9.17) is 18.9 Å². The molecule has 1 aromatic carbocycles. The summed E-state index contributed by atoms with van der Waals surface area (Å²) in [6.07, 6.45) is 1.70.